The number of rotatable bonds is 7. The molecule has 1 amide bonds. The van der Waals surface area contributed by atoms with Crippen LogP contribution in [0.25, 0.3) is 0 Å². The van der Waals surface area contributed by atoms with Crippen LogP contribution in [0.5, 0.6) is 5.75 Å². The monoisotopic (exact) mass is 509 g/mol. The first kappa shape index (κ1) is 24.9. The minimum Gasteiger partial charge on any atom is -0.491 e. The number of hydrogen-bond acceptors (Lipinski definition) is 5. The Hall–Kier alpha value is -2.44. The van der Waals surface area contributed by atoms with E-state index >= 15 is 0 Å². The number of carbonyl (C=O) groups excluding carboxylic acids is 1. The molecule has 6 aliphatic rings. The number of benzene rings is 1. The summed E-state index contributed by atoms with van der Waals surface area (Å²) >= 11 is 0. The van der Waals surface area contributed by atoms with E-state index in [1.807, 2.05) is 43.0 Å². The van der Waals surface area contributed by atoms with Crippen LogP contribution in [-0.4, -0.2) is 34.4 Å². The molecule has 6 aliphatic carbocycles. The van der Waals surface area contributed by atoms with Gasteiger partial charge >= 0.3 is 0 Å². The molecule has 0 radical (unpaired) electrons. The smallest absolute Gasteiger partial charge is 0.233 e. The van der Waals surface area contributed by atoms with Crippen LogP contribution in [0, 0.1) is 10.8 Å². The highest BCUT2D eigenvalue weighted by molar-refractivity contribution is 6.00. The summed E-state index contributed by atoms with van der Waals surface area (Å²) in [6.45, 7) is 11.0. The number of anilines is 1. The molecule has 1 aromatic heterocycles. The van der Waals surface area contributed by atoms with Crippen LogP contribution in [0.4, 0.5) is 10.1 Å². The molecule has 0 spiro atoms. The third-order valence-electron chi connectivity index (χ3n) is 9.61. The van der Waals surface area contributed by atoms with E-state index in [0.717, 1.165) is 61.7 Å². The number of amides is 1. The fraction of sp³-hybridized carbons (Fsp3) is 0.700. The molecular formula is C30H40FN3O3. The lowest BCUT2D eigenvalue weighted by Gasteiger charge is -2.65. The van der Waals surface area contributed by atoms with Gasteiger partial charge < -0.3 is 14.2 Å². The van der Waals surface area contributed by atoms with E-state index in [9.17, 15) is 9.18 Å². The molecule has 4 bridgehead atoms. The minimum absolute atomic E-state index is 0.0490. The zero-order valence-electron chi connectivity index (χ0n) is 22.9. The summed E-state index contributed by atoms with van der Waals surface area (Å²) in [5.41, 5.74) is -0.888. The van der Waals surface area contributed by atoms with Gasteiger partial charge in [0.05, 0.1) is 11.5 Å². The van der Waals surface area contributed by atoms with Crippen molar-refractivity contribution in [2.45, 2.75) is 115 Å². The highest BCUT2D eigenvalue weighted by atomic mass is 19.1. The number of halogens is 1. The first-order chi connectivity index (χ1) is 17.4. The van der Waals surface area contributed by atoms with Crippen LogP contribution in [-0.2, 0) is 15.6 Å². The number of ether oxygens (including phenoxy) is 1. The van der Waals surface area contributed by atoms with Crippen molar-refractivity contribution >= 4 is 11.6 Å². The molecule has 6 fully saturated rings. The van der Waals surface area contributed by atoms with Crippen molar-refractivity contribution < 1.29 is 18.4 Å². The van der Waals surface area contributed by atoms with Gasteiger partial charge in [0.2, 0.25) is 11.8 Å². The van der Waals surface area contributed by atoms with Crippen molar-refractivity contribution in [2.75, 3.05) is 11.4 Å². The first-order valence-corrected chi connectivity index (χ1v) is 14.0. The van der Waals surface area contributed by atoms with Gasteiger partial charge in [-0.05, 0) is 89.2 Å². The zero-order chi connectivity index (χ0) is 26.3. The maximum atomic E-state index is 14.4. The molecule has 0 saturated heterocycles. The van der Waals surface area contributed by atoms with Crippen LogP contribution in [0.1, 0.15) is 104 Å². The molecule has 0 unspecified atom stereocenters. The van der Waals surface area contributed by atoms with Crippen LogP contribution < -0.4 is 9.64 Å². The summed E-state index contributed by atoms with van der Waals surface area (Å²) in [4.78, 5) is 20.8. The van der Waals surface area contributed by atoms with Crippen molar-refractivity contribution in [2.24, 2.45) is 10.8 Å². The Morgan fingerprint density at radius 2 is 1.76 bits per heavy atom. The second-order valence-electron chi connectivity index (χ2n) is 14.0. The molecule has 6 saturated carbocycles. The van der Waals surface area contributed by atoms with Crippen molar-refractivity contribution in [3.63, 3.8) is 0 Å². The summed E-state index contributed by atoms with van der Waals surface area (Å²) in [5, 5.41) is 4.30. The van der Waals surface area contributed by atoms with Gasteiger partial charge in [0.15, 0.2) is 5.82 Å². The Labute approximate surface area is 219 Å². The summed E-state index contributed by atoms with van der Waals surface area (Å²) < 4.78 is 26.2. The molecule has 0 aliphatic heterocycles. The molecule has 7 heteroatoms. The van der Waals surface area contributed by atoms with Crippen LogP contribution in [0.3, 0.4) is 0 Å². The lowest BCUT2D eigenvalue weighted by molar-refractivity contribution is -0.211. The predicted octanol–water partition coefficient (Wildman–Crippen LogP) is 6.67. The van der Waals surface area contributed by atoms with Crippen molar-refractivity contribution in [1.82, 2.24) is 10.1 Å². The predicted molar refractivity (Wildman–Crippen MR) is 139 cm³/mol. The normalized spacial score (nSPS) is 34.1. The van der Waals surface area contributed by atoms with Gasteiger partial charge in [0.1, 0.15) is 11.4 Å². The molecule has 0 N–H and O–H groups in total. The molecule has 8 rings (SSSR count). The molecule has 2 aromatic rings. The molecule has 0 atom stereocenters. The van der Waals surface area contributed by atoms with E-state index in [0.29, 0.717) is 25.8 Å². The molecule has 6 nitrogen and oxygen atoms in total. The van der Waals surface area contributed by atoms with Crippen molar-refractivity contribution in [1.29, 1.82) is 0 Å². The molecular weight excluding hydrogens is 469 g/mol. The van der Waals surface area contributed by atoms with E-state index in [1.54, 1.807) is 0 Å². The quantitative estimate of drug-likeness (QED) is 0.417. The van der Waals surface area contributed by atoms with E-state index < -0.39 is 11.1 Å². The Bertz CT molecular complexity index is 1170. The van der Waals surface area contributed by atoms with E-state index in [2.05, 4.69) is 25.9 Å². The number of aromatic nitrogens is 2. The number of alkyl halides is 1. The second-order valence-corrected chi connectivity index (χ2v) is 14.0. The topological polar surface area (TPSA) is 68.5 Å². The number of fused-ring (bicyclic) bond motifs is 3. The Balaban J connectivity index is 1.24. The minimum atomic E-state index is -1.10. The van der Waals surface area contributed by atoms with Crippen LogP contribution in [0.2, 0.25) is 0 Å². The third-order valence-corrected chi connectivity index (χ3v) is 9.61. The number of hydrogen-bond donors (Lipinski definition) is 0. The largest absolute Gasteiger partial charge is 0.491 e. The van der Waals surface area contributed by atoms with Crippen LogP contribution in [0.15, 0.2) is 28.8 Å². The Kier molecular flexibility index (Phi) is 5.40. The van der Waals surface area contributed by atoms with Crippen molar-refractivity contribution in [3.8, 4) is 5.75 Å². The van der Waals surface area contributed by atoms with E-state index in [-0.39, 0.29) is 28.3 Å². The van der Waals surface area contributed by atoms with Crippen molar-refractivity contribution in [3.05, 3.63) is 36.0 Å². The average molecular weight is 510 g/mol. The van der Waals surface area contributed by atoms with Gasteiger partial charge in [-0.3, -0.25) is 4.79 Å². The lowest BCUT2D eigenvalue weighted by atomic mass is 9.41. The second kappa shape index (κ2) is 8.03. The SMILES string of the molecule is CC(C)Oc1cccc(N(CC23CCC(c4nc(C(C)(C)C)no4)(CC2)CC3)C(=O)C23CC(F)(C2)C3)c1. The van der Waals surface area contributed by atoms with Gasteiger partial charge in [0.25, 0.3) is 0 Å². The van der Waals surface area contributed by atoms with Gasteiger partial charge in [-0.15, -0.1) is 0 Å². The Morgan fingerprint density at radius 3 is 2.30 bits per heavy atom. The fourth-order valence-electron chi connectivity index (χ4n) is 7.35. The van der Waals surface area contributed by atoms with Crippen LogP contribution >= 0.6 is 0 Å². The average Bonchev–Trinajstić information content (AvgIpc) is 3.33. The third kappa shape index (κ3) is 4.08. The van der Waals surface area contributed by atoms with Gasteiger partial charge in [0, 0.05) is 29.1 Å². The van der Waals surface area contributed by atoms with Gasteiger partial charge in [-0.2, -0.15) is 4.98 Å². The summed E-state index contributed by atoms with van der Waals surface area (Å²) in [6.07, 6.45) is 7.23. The van der Waals surface area contributed by atoms with E-state index in [1.165, 1.54) is 0 Å². The fourth-order valence-corrected chi connectivity index (χ4v) is 7.35. The lowest BCUT2D eigenvalue weighted by Crippen LogP contribution is -2.71. The maximum Gasteiger partial charge on any atom is 0.233 e. The Morgan fingerprint density at radius 1 is 1.11 bits per heavy atom. The molecule has 200 valence electrons. The van der Waals surface area contributed by atoms with E-state index in [4.69, 9.17) is 14.2 Å². The number of nitrogens with zero attached hydrogens (tertiary/aromatic N) is 3. The first-order valence-electron chi connectivity index (χ1n) is 14.0. The summed E-state index contributed by atoms with van der Waals surface area (Å²) in [7, 11) is 0. The highest BCUT2D eigenvalue weighted by Crippen LogP contribution is 2.70. The highest BCUT2D eigenvalue weighted by Gasteiger charge is 2.73. The molecule has 1 heterocycles. The zero-order valence-corrected chi connectivity index (χ0v) is 22.9. The van der Waals surface area contributed by atoms with Gasteiger partial charge in [-0.25, -0.2) is 4.39 Å². The number of carbonyl (C=O) groups is 1. The molecule has 1 aromatic carbocycles. The maximum absolute atomic E-state index is 14.4. The standard InChI is InChI=1S/C30H40FN3O3/c1-20(2)36-22-8-6-7-21(15-22)34(25(35)29-16-30(31,17-29)18-29)19-27-9-12-28(13-10-27,14-11-27)24-32-23(33-37-24)26(3,4)5/h6-8,15,20H,9-14,16-19H2,1-5H3. The molecule has 37 heavy (non-hydrogen) atoms. The summed E-state index contributed by atoms with van der Waals surface area (Å²) in [5.74, 6) is 2.42. The summed E-state index contributed by atoms with van der Waals surface area (Å²) in [6, 6.07) is 7.88. The van der Waals surface area contributed by atoms with Gasteiger partial charge in [-0.1, -0.05) is 32.0 Å².